The van der Waals surface area contributed by atoms with E-state index < -0.39 is 35.4 Å². The van der Waals surface area contributed by atoms with Crippen molar-refractivity contribution in [2.45, 2.75) is 45.4 Å². The van der Waals surface area contributed by atoms with E-state index in [-0.39, 0.29) is 17.8 Å². The van der Waals surface area contributed by atoms with Gasteiger partial charge in [-0.2, -0.15) is 13.2 Å². The third-order valence-corrected chi connectivity index (χ3v) is 4.23. The van der Waals surface area contributed by atoms with Crippen LogP contribution in [-0.2, 0) is 22.1 Å². The van der Waals surface area contributed by atoms with E-state index in [0.717, 1.165) is 13.3 Å². The van der Waals surface area contributed by atoms with Gasteiger partial charge in [-0.05, 0) is 63.4 Å². The lowest BCUT2D eigenvalue weighted by Crippen LogP contribution is -2.33. The number of nitrogens with zero attached hydrogens (tertiary/aromatic N) is 1. The quantitative estimate of drug-likeness (QED) is 0.327. The van der Waals surface area contributed by atoms with Crippen LogP contribution in [0.2, 0.25) is 0 Å². The van der Waals surface area contributed by atoms with Gasteiger partial charge in [-0.25, -0.2) is 19.0 Å². The van der Waals surface area contributed by atoms with Gasteiger partial charge in [-0.1, -0.05) is 0 Å². The normalized spacial score (nSPS) is 11.6. The largest absolute Gasteiger partial charge is 0.465 e. The number of aromatic nitrogens is 1. The van der Waals surface area contributed by atoms with E-state index in [1.165, 1.54) is 18.2 Å². The molecule has 0 saturated carbocycles. The Bertz CT molecular complexity index is 1000. The number of esters is 1. The first-order valence-corrected chi connectivity index (χ1v) is 9.98. The summed E-state index contributed by atoms with van der Waals surface area (Å²) in [6.07, 6.45) is -3.72. The van der Waals surface area contributed by atoms with Crippen molar-refractivity contribution in [3.63, 3.8) is 0 Å². The van der Waals surface area contributed by atoms with Gasteiger partial charge in [0.1, 0.15) is 17.1 Å². The van der Waals surface area contributed by atoms with Gasteiger partial charge in [0.15, 0.2) is 0 Å². The lowest BCUT2D eigenvalue weighted by atomic mass is 10.1. The standard InChI is InChI=1S/C22H25F4N3O4/c1-21(2,3)33-20(31)27-9-5-6-13-10-14(23)7-8-16(13)29-17-12-28-18(22(24,25)26)11-15(17)19(30)32-4/h7-8,10-12,29H,5-6,9H2,1-4H3,(H,27,31). The zero-order valence-electron chi connectivity index (χ0n) is 18.6. The van der Waals surface area contributed by atoms with E-state index in [1.807, 2.05) is 0 Å². The van der Waals surface area contributed by atoms with Gasteiger partial charge in [0.05, 0.1) is 24.6 Å². The smallest absolute Gasteiger partial charge is 0.433 e. The van der Waals surface area contributed by atoms with Gasteiger partial charge >= 0.3 is 18.2 Å². The maximum atomic E-state index is 13.8. The number of ether oxygens (including phenoxy) is 2. The van der Waals surface area contributed by atoms with E-state index in [1.54, 1.807) is 20.8 Å². The van der Waals surface area contributed by atoms with Crippen LogP contribution >= 0.6 is 0 Å². The van der Waals surface area contributed by atoms with Crippen LogP contribution in [-0.4, -0.2) is 36.3 Å². The molecule has 1 heterocycles. The van der Waals surface area contributed by atoms with Crippen molar-refractivity contribution in [2.24, 2.45) is 0 Å². The Labute approximate surface area is 188 Å². The van der Waals surface area contributed by atoms with E-state index in [4.69, 9.17) is 4.74 Å². The molecule has 2 rings (SSSR count). The fourth-order valence-electron chi connectivity index (χ4n) is 2.81. The molecule has 2 aromatic rings. The summed E-state index contributed by atoms with van der Waals surface area (Å²) in [6, 6.07) is 4.40. The number of amides is 1. The van der Waals surface area contributed by atoms with Crippen LogP contribution in [0.25, 0.3) is 0 Å². The molecule has 33 heavy (non-hydrogen) atoms. The monoisotopic (exact) mass is 471 g/mol. The van der Waals surface area contributed by atoms with Gasteiger partial charge in [-0.3, -0.25) is 0 Å². The molecule has 1 aromatic carbocycles. The minimum Gasteiger partial charge on any atom is -0.465 e. The molecule has 0 spiro atoms. The number of nitrogens with one attached hydrogen (secondary N) is 2. The van der Waals surface area contributed by atoms with Crippen molar-refractivity contribution in [1.82, 2.24) is 10.3 Å². The Kier molecular flexibility index (Phi) is 8.23. The Balaban J connectivity index is 2.19. The minimum atomic E-state index is -4.75. The molecule has 0 fully saturated rings. The average molecular weight is 471 g/mol. The third kappa shape index (κ3) is 7.92. The number of rotatable bonds is 7. The Morgan fingerprint density at radius 1 is 1.09 bits per heavy atom. The van der Waals surface area contributed by atoms with Gasteiger partial charge in [-0.15, -0.1) is 0 Å². The molecule has 0 atom stereocenters. The fourth-order valence-corrected chi connectivity index (χ4v) is 2.81. The molecule has 1 aromatic heterocycles. The molecule has 11 heteroatoms. The summed E-state index contributed by atoms with van der Waals surface area (Å²) >= 11 is 0. The molecule has 180 valence electrons. The lowest BCUT2D eigenvalue weighted by Gasteiger charge is -2.19. The van der Waals surface area contributed by atoms with Gasteiger partial charge in [0, 0.05) is 12.2 Å². The van der Waals surface area contributed by atoms with E-state index in [9.17, 15) is 27.2 Å². The Hall–Kier alpha value is -3.37. The number of alkyl halides is 3. The molecule has 0 aliphatic rings. The maximum Gasteiger partial charge on any atom is 0.433 e. The van der Waals surface area contributed by atoms with Gasteiger partial charge in [0.25, 0.3) is 0 Å². The zero-order chi connectivity index (χ0) is 24.8. The summed E-state index contributed by atoms with van der Waals surface area (Å²) in [5, 5.41) is 5.43. The second kappa shape index (κ2) is 10.5. The first-order chi connectivity index (χ1) is 15.3. The van der Waals surface area contributed by atoms with Crippen molar-refractivity contribution in [1.29, 1.82) is 0 Å². The van der Waals surface area contributed by atoms with Crippen LogP contribution in [0.3, 0.4) is 0 Å². The first-order valence-electron chi connectivity index (χ1n) is 9.98. The zero-order valence-corrected chi connectivity index (χ0v) is 18.6. The summed E-state index contributed by atoms with van der Waals surface area (Å²) in [7, 11) is 1.04. The lowest BCUT2D eigenvalue weighted by molar-refractivity contribution is -0.141. The highest BCUT2D eigenvalue weighted by molar-refractivity contribution is 5.96. The SMILES string of the molecule is COC(=O)c1cc(C(F)(F)F)ncc1Nc1ccc(F)cc1CCCNC(=O)OC(C)(C)C. The highest BCUT2D eigenvalue weighted by Crippen LogP contribution is 2.32. The number of benzene rings is 1. The summed E-state index contributed by atoms with van der Waals surface area (Å²) in [5.41, 5.74) is -1.45. The molecule has 7 nitrogen and oxygen atoms in total. The number of carbonyl (C=O) groups excluding carboxylic acids is 2. The number of aryl methyl sites for hydroxylation is 1. The van der Waals surface area contributed by atoms with E-state index >= 15 is 0 Å². The molecule has 0 aliphatic heterocycles. The van der Waals surface area contributed by atoms with E-state index in [0.29, 0.717) is 30.2 Å². The van der Waals surface area contributed by atoms with Gasteiger partial charge < -0.3 is 20.1 Å². The number of alkyl carbamates (subject to hydrolysis) is 1. The van der Waals surface area contributed by atoms with Crippen molar-refractivity contribution >= 4 is 23.4 Å². The summed E-state index contributed by atoms with van der Waals surface area (Å²) < 4.78 is 62.6. The molecule has 0 bridgehead atoms. The third-order valence-electron chi connectivity index (χ3n) is 4.23. The van der Waals surface area contributed by atoms with Crippen LogP contribution in [0.4, 0.5) is 33.7 Å². The summed E-state index contributed by atoms with van der Waals surface area (Å²) in [5.74, 6) is -1.51. The average Bonchev–Trinajstić information content (AvgIpc) is 2.70. The van der Waals surface area contributed by atoms with Crippen LogP contribution in [0.15, 0.2) is 30.5 Å². The maximum absolute atomic E-state index is 13.8. The highest BCUT2D eigenvalue weighted by Gasteiger charge is 2.34. The van der Waals surface area contributed by atoms with Crippen LogP contribution in [0.1, 0.15) is 48.8 Å². The number of methoxy groups -OCH3 is 1. The van der Waals surface area contributed by atoms with Crippen molar-refractivity contribution in [2.75, 3.05) is 19.0 Å². The molecule has 0 radical (unpaired) electrons. The van der Waals surface area contributed by atoms with Crippen molar-refractivity contribution in [3.05, 3.63) is 53.1 Å². The predicted octanol–water partition coefficient (Wildman–Crippen LogP) is 5.23. The first kappa shape index (κ1) is 25.9. The highest BCUT2D eigenvalue weighted by atomic mass is 19.4. The van der Waals surface area contributed by atoms with Crippen LogP contribution < -0.4 is 10.6 Å². The molecular weight excluding hydrogens is 446 g/mol. The van der Waals surface area contributed by atoms with Gasteiger partial charge in [0.2, 0.25) is 0 Å². The molecule has 2 N–H and O–H groups in total. The number of halogens is 4. The predicted molar refractivity (Wildman–Crippen MR) is 113 cm³/mol. The second-order valence-corrected chi connectivity index (χ2v) is 8.06. The van der Waals surface area contributed by atoms with Crippen molar-refractivity contribution in [3.8, 4) is 0 Å². The summed E-state index contributed by atoms with van der Waals surface area (Å²) in [4.78, 5) is 27.1. The minimum absolute atomic E-state index is 0.0328. The fraction of sp³-hybridized carbons (Fsp3) is 0.409. The second-order valence-electron chi connectivity index (χ2n) is 8.06. The molecular formula is C22H25F4N3O4. The number of hydrogen-bond donors (Lipinski definition) is 2. The Morgan fingerprint density at radius 2 is 1.79 bits per heavy atom. The Morgan fingerprint density at radius 3 is 2.39 bits per heavy atom. The number of hydrogen-bond acceptors (Lipinski definition) is 6. The van der Waals surface area contributed by atoms with Crippen LogP contribution in [0.5, 0.6) is 0 Å². The molecule has 0 aliphatic carbocycles. The number of pyridine rings is 1. The molecule has 1 amide bonds. The van der Waals surface area contributed by atoms with Crippen LogP contribution in [0, 0.1) is 5.82 Å². The topological polar surface area (TPSA) is 89.5 Å². The van der Waals surface area contributed by atoms with E-state index in [2.05, 4.69) is 20.4 Å². The molecule has 0 saturated heterocycles. The summed E-state index contributed by atoms with van der Waals surface area (Å²) in [6.45, 7) is 5.45. The molecule has 0 unspecified atom stereocenters. The number of anilines is 2. The van der Waals surface area contributed by atoms with Crippen molar-refractivity contribution < 1.29 is 36.6 Å². The number of carbonyl (C=O) groups is 2.